The summed E-state index contributed by atoms with van der Waals surface area (Å²) < 4.78 is 5.27. The highest BCUT2D eigenvalue weighted by molar-refractivity contribution is 6.32. The Labute approximate surface area is 119 Å². The van der Waals surface area contributed by atoms with E-state index in [9.17, 15) is 0 Å². The molecule has 0 unspecified atom stereocenters. The SMILES string of the molecule is [N-]=[N+]=Nc1c(CN2CCOCC2)cnc(Cl)c1N=[N+]=[N-]. The Balaban J connectivity index is 2.38. The molecule has 0 atom stereocenters. The molecule has 1 aliphatic heterocycles. The van der Waals surface area contributed by atoms with Crippen molar-refractivity contribution >= 4 is 23.0 Å². The lowest BCUT2D eigenvalue weighted by molar-refractivity contribution is 0.0342. The second kappa shape index (κ2) is 6.95. The molecule has 10 heteroatoms. The number of rotatable bonds is 4. The van der Waals surface area contributed by atoms with Crippen molar-refractivity contribution in [3.05, 3.63) is 37.8 Å². The van der Waals surface area contributed by atoms with Crippen LogP contribution in [0.2, 0.25) is 5.15 Å². The summed E-state index contributed by atoms with van der Waals surface area (Å²) in [6.07, 6.45) is 1.53. The molecular formula is C10H11ClN8O. The van der Waals surface area contributed by atoms with E-state index in [1.165, 1.54) is 6.20 Å². The molecule has 0 bridgehead atoms. The number of hydrogen-bond acceptors (Lipinski definition) is 5. The van der Waals surface area contributed by atoms with E-state index in [4.69, 9.17) is 27.4 Å². The molecule has 2 heterocycles. The third kappa shape index (κ3) is 3.30. The van der Waals surface area contributed by atoms with Gasteiger partial charge in [-0.25, -0.2) is 4.98 Å². The quantitative estimate of drug-likeness (QED) is 0.365. The fraction of sp³-hybridized carbons (Fsp3) is 0.500. The molecule has 9 nitrogen and oxygen atoms in total. The van der Waals surface area contributed by atoms with E-state index in [0.29, 0.717) is 25.3 Å². The van der Waals surface area contributed by atoms with Crippen molar-refractivity contribution < 1.29 is 4.74 Å². The van der Waals surface area contributed by atoms with Gasteiger partial charge in [0, 0.05) is 35.7 Å². The van der Waals surface area contributed by atoms with Gasteiger partial charge in [-0.1, -0.05) is 21.8 Å². The molecule has 0 radical (unpaired) electrons. The summed E-state index contributed by atoms with van der Waals surface area (Å²) in [4.78, 5) is 11.5. The average molecular weight is 295 g/mol. The van der Waals surface area contributed by atoms with Gasteiger partial charge < -0.3 is 4.74 Å². The molecule has 1 aromatic rings. The van der Waals surface area contributed by atoms with Crippen molar-refractivity contribution in [3.63, 3.8) is 0 Å². The number of halogens is 1. The summed E-state index contributed by atoms with van der Waals surface area (Å²) in [6.45, 7) is 3.38. The lowest BCUT2D eigenvalue weighted by atomic mass is 10.2. The van der Waals surface area contributed by atoms with Crippen LogP contribution in [0.25, 0.3) is 20.9 Å². The maximum Gasteiger partial charge on any atom is 0.139 e. The average Bonchev–Trinajstić information content (AvgIpc) is 2.47. The van der Waals surface area contributed by atoms with Gasteiger partial charge >= 0.3 is 0 Å². The molecule has 1 fully saturated rings. The Morgan fingerprint density at radius 2 is 1.90 bits per heavy atom. The van der Waals surface area contributed by atoms with E-state index >= 15 is 0 Å². The van der Waals surface area contributed by atoms with E-state index < -0.39 is 0 Å². The van der Waals surface area contributed by atoms with Crippen LogP contribution in [0.3, 0.4) is 0 Å². The number of nitrogens with zero attached hydrogens (tertiary/aromatic N) is 8. The lowest BCUT2D eigenvalue weighted by Crippen LogP contribution is -2.35. The van der Waals surface area contributed by atoms with Crippen LogP contribution >= 0.6 is 11.6 Å². The minimum absolute atomic E-state index is 0.0101. The van der Waals surface area contributed by atoms with Crippen LogP contribution in [-0.2, 0) is 11.3 Å². The highest BCUT2D eigenvalue weighted by Crippen LogP contribution is 2.37. The Bertz CT molecular complexity index is 587. The molecule has 2 rings (SSSR count). The number of hydrogen-bond donors (Lipinski definition) is 0. The molecular weight excluding hydrogens is 284 g/mol. The number of ether oxygens (including phenoxy) is 1. The van der Waals surface area contributed by atoms with Crippen LogP contribution in [0, 0.1) is 0 Å². The van der Waals surface area contributed by atoms with E-state index in [1.807, 2.05) is 0 Å². The highest BCUT2D eigenvalue weighted by Gasteiger charge is 2.16. The summed E-state index contributed by atoms with van der Waals surface area (Å²) in [5.74, 6) is 0. The lowest BCUT2D eigenvalue weighted by Gasteiger charge is -2.27. The molecule has 0 aliphatic carbocycles. The van der Waals surface area contributed by atoms with E-state index in [2.05, 4.69) is 29.9 Å². The largest absolute Gasteiger partial charge is 0.379 e. The standard InChI is InChI=1S/C10H11ClN8O/c11-10-9(16-18-13)8(15-17-12)7(5-14-10)6-19-1-3-20-4-2-19/h5H,1-4,6H2. The van der Waals surface area contributed by atoms with Crippen molar-refractivity contribution in [2.24, 2.45) is 10.2 Å². The molecule has 0 saturated carbocycles. The topological polar surface area (TPSA) is 123 Å². The van der Waals surface area contributed by atoms with Gasteiger partial charge in [-0.2, -0.15) is 0 Å². The highest BCUT2D eigenvalue weighted by atomic mass is 35.5. The molecule has 0 amide bonds. The van der Waals surface area contributed by atoms with Crippen LogP contribution < -0.4 is 0 Å². The van der Waals surface area contributed by atoms with Crippen molar-refractivity contribution in [1.29, 1.82) is 0 Å². The van der Waals surface area contributed by atoms with Gasteiger partial charge in [-0.15, -0.1) is 0 Å². The second-order valence-electron chi connectivity index (χ2n) is 4.04. The van der Waals surface area contributed by atoms with Crippen LogP contribution in [0.4, 0.5) is 11.4 Å². The minimum atomic E-state index is 0.0101. The van der Waals surface area contributed by atoms with Crippen molar-refractivity contribution in [1.82, 2.24) is 9.88 Å². The zero-order chi connectivity index (χ0) is 14.4. The van der Waals surface area contributed by atoms with Gasteiger partial charge in [0.15, 0.2) is 0 Å². The van der Waals surface area contributed by atoms with Crippen molar-refractivity contribution in [3.8, 4) is 0 Å². The van der Waals surface area contributed by atoms with Crippen LogP contribution in [0.1, 0.15) is 5.56 Å². The molecule has 0 aromatic carbocycles. The Kier molecular flexibility index (Phi) is 5.00. The number of azide groups is 2. The maximum absolute atomic E-state index is 8.66. The summed E-state index contributed by atoms with van der Waals surface area (Å²) >= 11 is 5.87. The van der Waals surface area contributed by atoms with Crippen LogP contribution in [0.15, 0.2) is 16.4 Å². The minimum Gasteiger partial charge on any atom is -0.379 e. The zero-order valence-electron chi connectivity index (χ0n) is 10.5. The van der Waals surface area contributed by atoms with E-state index in [0.717, 1.165) is 13.1 Å². The normalized spacial score (nSPS) is 15.2. The predicted molar refractivity (Wildman–Crippen MR) is 73.0 cm³/mol. The fourth-order valence-electron chi connectivity index (χ4n) is 1.91. The van der Waals surface area contributed by atoms with Crippen molar-refractivity contribution in [2.75, 3.05) is 26.3 Å². The Hall–Kier alpha value is -2.02. The number of aromatic nitrogens is 1. The Morgan fingerprint density at radius 1 is 1.25 bits per heavy atom. The summed E-state index contributed by atoms with van der Waals surface area (Å²) in [5.41, 5.74) is 18.2. The van der Waals surface area contributed by atoms with Gasteiger partial charge in [-0.3, -0.25) is 4.90 Å². The number of pyridine rings is 1. The Morgan fingerprint density at radius 3 is 2.55 bits per heavy atom. The van der Waals surface area contributed by atoms with Gasteiger partial charge in [0.25, 0.3) is 0 Å². The first-order valence-electron chi connectivity index (χ1n) is 5.84. The molecule has 0 spiro atoms. The monoisotopic (exact) mass is 294 g/mol. The summed E-state index contributed by atoms with van der Waals surface area (Å²) in [7, 11) is 0. The third-order valence-corrected chi connectivity index (χ3v) is 3.12. The molecule has 104 valence electrons. The third-order valence-electron chi connectivity index (χ3n) is 2.84. The number of morpholine rings is 1. The van der Waals surface area contributed by atoms with Crippen LogP contribution in [-0.4, -0.2) is 36.2 Å². The van der Waals surface area contributed by atoms with Gasteiger partial charge in [-0.05, 0) is 16.6 Å². The van der Waals surface area contributed by atoms with E-state index in [-0.39, 0.29) is 16.5 Å². The van der Waals surface area contributed by atoms with Gasteiger partial charge in [0.2, 0.25) is 0 Å². The first-order valence-corrected chi connectivity index (χ1v) is 6.21. The van der Waals surface area contributed by atoms with Gasteiger partial charge in [0.1, 0.15) is 5.15 Å². The first-order chi connectivity index (χ1) is 9.76. The summed E-state index contributed by atoms with van der Waals surface area (Å²) in [5, 5.41) is 7.05. The van der Waals surface area contributed by atoms with Crippen LogP contribution in [0.5, 0.6) is 0 Å². The first kappa shape index (κ1) is 14.4. The molecule has 1 aromatic heterocycles. The molecule has 1 aliphatic rings. The molecule has 1 saturated heterocycles. The van der Waals surface area contributed by atoms with E-state index in [1.54, 1.807) is 0 Å². The molecule has 0 N–H and O–H groups in total. The van der Waals surface area contributed by atoms with Gasteiger partial charge in [0.05, 0.1) is 24.6 Å². The predicted octanol–water partition coefficient (Wildman–Crippen LogP) is 3.45. The smallest absolute Gasteiger partial charge is 0.139 e. The maximum atomic E-state index is 8.66. The molecule has 20 heavy (non-hydrogen) atoms. The zero-order valence-corrected chi connectivity index (χ0v) is 11.2. The van der Waals surface area contributed by atoms with Crippen molar-refractivity contribution in [2.45, 2.75) is 6.54 Å². The second-order valence-corrected chi connectivity index (χ2v) is 4.40. The summed E-state index contributed by atoms with van der Waals surface area (Å²) in [6, 6.07) is 0. The fourth-order valence-corrected chi connectivity index (χ4v) is 2.09.